The van der Waals surface area contributed by atoms with Crippen LogP contribution in [0.15, 0.2) is 0 Å². The maximum atomic E-state index is 12.7. The predicted octanol–water partition coefficient (Wildman–Crippen LogP) is 3.46. The van der Waals surface area contributed by atoms with Gasteiger partial charge >= 0.3 is 0 Å². The molecule has 2 heterocycles. The minimum atomic E-state index is 0. The van der Waals surface area contributed by atoms with Gasteiger partial charge in [0.15, 0.2) is 0 Å². The molecule has 2 N–H and O–H groups in total. The number of rotatable bonds is 4. The summed E-state index contributed by atoms with van der Waals surface area (Å²) >= 11 is 0. The Morgan fingerprint density at radius 3 is 2.48 bits per heavy atom. The molecule has 0 radical (unpaired) electrons. The number of carbonyl (C=O) groups is 1. The van der Waals surface area contributed by atoms with Crippen molar-refractivity contribution in [2.75, 3.05) is 26.2 Å². The first-order valence-electron chi connectivity index (χ1n) is 9.91. The van der Waals surface area contributed by atoms with E-state index in [0.717, 1.165) is 32.0 Å². The van der Waals surface area contributed by atoms with Crippen LogP contribution in [0.3, 0.4) is 0 Å². The molecular formula is C19H37Cl2N3O. The zero-order valence-electron chi connectivity index (χ0n) is 15.7. The SMILES string of the molecule is CC1CCCCN1CC1CCCN(C(=O)C[C@@H]2CCC[C@H]2N)C1.Cl.Cl. The van der Waals surface area contributed by atoms with Gasteiger partial charge in [0.1, 0.15) is 0 Å². The number of hydrogen-bond acceptors (Lipinski definition) is 3. The average molecular weight is 394 g/mol. The molecule has 3 fully saturated rings. The molecule has 2 aliphatic heterocycles. The second-order valence-corrected chi connectivity index (χ2v) is 8.25. The molecule has 0 aromatic carbocycles. The van der Waals surface area contributed by atoms with Crippen molar-refractivity contribution >= 4 is 30.7 Å². The molecule has 1 aliphatic carbocycles. The Hall–Kier alpha value is -0.0300. The van der Waals surface area contributed by atoms with Crippen molar-refractivity contribution in [3.8, 4) is 0 Å². The van der Waals surface area contributed by atoms with Gasteiger partial charge in [-0.1, -0.05) is 12.8 Å². The van der Waals surface area contributed by atoms with Crippen molar-refractivity contribution in [1.29, 1.82) is 0 Å². The van der Waals surface area contributed by atoms with Gasteiger partial charge in [0.2, 0.25) is 5.91 Å². The summed E-state index contributed by atoms with van der Waals surface area (Å²) in [6, 6.07) is 0.986. The minimum Gasteiger partial charge on any atom is -0.342 e. The highest BCUT2D eigenvalue weighted by atomic mass is 35.5. The molecule has 3 aliphatic rings. The summed E-state index contributed by atoms with van der Waals surface area (Å²) in [5.41, 5.74) is 6.15. The number of nitrogens with zero attached hydrogens (tertiary/aromatic N) is 2. The molecule has 0 aromatic heterocycles. The molecule has 3 rings (SSSR count). The fourth-order valence-corrected chi connectivity index (χ4v) is 4.87. The highest BCUT2D eigenvalue weighted by Gasteiger charge is 2.31. The summed E-state index contributed by atoms with van der Waals surface area (Å²) in [5.74, 6) is 1.47. The average Bonchev–Trinajstić information content (AvgIpc) is 2.95. The van der Waals surface area contributed by atoms with Crippen molar-refractivity contribution in [2.24, 2.45) is 17.6 Å². The third-order valence-electron chi connectivity index (χ3n) is 6.46. The lowest BCUT2D eigenvalue weighted by molar-refractivity contribution is -0.134. The number of halogens is 2. The highest BCUT2D eigenvalue weighted by molar-refractivity contribution is 5.85. The van der Waals surface area contributed by atoms with E-state index in [1.54, 1.807) is 0 Å². The molecule has 25 heavy (non-hydrogen) atoms. The Kier molecular flexibility index (Phi) is 10.1. The van der Waals surface area contributed by atoms with Crippen LogP contribution in [-0.2, 0) is 4.79 Å². The third-order valence-corrected chi connectivity index (χ3v) is 6.46. The lowest BCUT2D eigenvalue weighted by atomic mass is 9.93. The quantitative estimate of drug-likeness (QED) is 0.795. The van der Waals surface area contributed by atoms with Crippen LogP contribution in [0.1, 0.15) is 64.7 Å². The molecule has 0 bridgehead atoms. The Morgan fingerprint density at radius 1 is 1.00 bits per heavy atom. The van der Waals surface area contributed by atoms with Crippen molar-refractivity contribution < 1.29 is 4.79 Å². The normalized spacial score (nSPS) is 33.4. The number of piperidine rings is 2. The molecule has 4 atom stereocenters. The summed E-state index contributed by atoms with van der Waals surface area (Å²) < 4.78 is 0. The number of likely N-dealkylation sites (tertiary alicyclic amines) is 2. The van der Waals surface area contributed by atoms with E-state index in [0.29, 0.717) is 24.2 Å². The first kappa shape index (κ1) is 23.0. The van der Waals surface area contributed by atoms with Crippen LogP contribution in [0.4, 0.5) is 0 Å². The standard InChI is InChI=1S/C19H35N3O.2ClH/c1-15-6-2-3-10-21(15)13-16-7-5-11-22(14-16)19(23)12-17-8-4-9-18(17)20;;/h15-18H,2-14,20H2,1H3;2*1H/t15?,16?,17-,18+;;/m0../s1. The summed E-state index contributed by atoms with van der Waals surface area (Å²) in [7, 11) is 0. The van der Waals surface area contributed by atoms with E-state index in [-0.39, 0.29) is 30.9 Å². The summed E-state index contributed by atoms with van der Waals surface area (Å²) in [5, 5.41) is 0. The van der Waals surface area contributed by atoms with Gasteiger partial charge in [-0.3, -0.25) is 4.79 Å². The van der Waals surface area contributed by atoms with Crippen LogP contribution in [0.5, 0.6) is 0 Å². The summed E-state index contributed by atoms with van der Waals surface area (Å²) in [6.07, 6.45) is 10.7. The topological polar surface area (TPSA) is 49.6 Å². The molecular weight excluding hydrogens is 357 g/mol. The Labute approximate surface area is 166 Å². The largest absolute Gasteiger partial charge is 0.342 e. The third kappa shape index (κ3) is 6.27. The molecule has 1 saturated carbocycles. The molecule has 2 unspecified atom stereocenters. The predicted molar refractivity (Wildman–Crippen MR) is 109 cm³/mol. The molecule has 148 valence electrons. The summed E-state index contributed by atoms with van der Waals surface area (Å²) in [6.45, 7) is 6.75. The van der Waals surface area contributed by atoms with Crippen LogP contribution in [0, 0.1) is 11.8 Å². The Balaban J connectivity index is 0.00000156. The molecule has 2 saturated heterocycles. The van der Waals surface area contributed by atoms with Gasteiger partial charge in [-0.2, -0.15) is 0 Å². The second-order valence-electron chi connectivity index (χ2n) is 8.25. The molecule has 0 spiro atoms. The molecule has 0 aromatic rings. The molecule has 4 nitrogen and oxygen atoms in total. The Bertz CT molecular complexity index is 410. The van der Waals surface area contributed by atoms with Gasteiger partial charge in [-0.25, -0.2) is 0 Å². The van der Waals surface area contributed by atoms with Crippen molar-refractivity contribution in [1.82, 2.24) is 9.80 Å². The van der Waals surface area contributed by atoms with Gasteiger partial charge < -0.3 is 15.5 Å². The van der Waals surface area contributed by atoms with E-state index >= 15 is 0 Å². The van der Waals surface area contributed by atoms with E-state index < -0.39 is 0 Å². The van der Waals surface area contributed by atoms with Crippen LogP contribution < -0.4 is 5.73 Å². The maximum Gasteiger partial charge on any atom is 0.222 e. The minimum absolute atomic E-state index is 0. The van der Waals surface area contributed by atoms with E-state index in [1.807, 2.05) is 0 Å². The maximum absolute atomic E-state index is 12.7. The van der Waals surface area contributed by atoms with Gasteiger partial charge in [0, 0.05) is 38.1 Å². The van der Waals surface area contributed by atoms with E-state index in [4.69, 9.17) is 5.73 Å². The van der Waals surface area contributed by atoms with Crippen LogP contribution in [0.25, 0.3) is 0 Å². The Morgan fingerprint density at radius 2 is 1.80 bits per heavy atom. The lowest BCUT2D eigenvalue weighted by Crippen LogP contribution is -2.47. The smallest absolute Gasteiger partial charge is 0.222 e. The van der Waals surface area contributed by atoms with Crippen LogP contribution in [0.2, 0.25) is 0 Å². The number of carbonyl (C=O) groups excluding carboxylic acids is 1. The van der Waals surface area contributed by atoms with Gasteiger partial charge in [0.05, 0.1) is 0 Å². The van der Waals surface area contributed by atoms with E-state index in [2.05, 4.69) is 16.7 Å². The first-order valence-corrected chi connectivity index (χ1v) is 9.91. The first-order chi connectivity index (χ1) is 11.1. The van der Waals surface area contributed by atoms with Crippen molar-refractivity contribution in [3.63, 3.8) is 0 Å². The van der Waals surface area contributed by atoms with Crippen molar-refractivity contribution in [2.45, 2.75) is 76.8 Å². The fourth-order valence-electron chi connectivity index (χ4n) is 4.87. The van der Waals surface area contributed by atoms with E-state index in [1.165, 1.54) is 51.6 Å². The molecule has 6 heteroatoms. The van der Waals surface area contributed by atoms with Crippen LogP contribution in [-0.4, -0.2) is 54.0 Å². The number of hydrogen-bond donors (Lipinski definition) is 1. The van der Waals surface area contributed by atoms with Gasteiger partial charge in [-0.15, -0.1) is 24.8 Å². The number of amides is 1. The van der Waals surface area contributed by atoms with Crippen LogP contribution >= 0.6 is 24.8 Å². The van der Waals surface area contributed by atoms with E-state index in [9.17, 15) is 4.79 Å². The zero-order valence-corrected chi connectivity index (χ0v) is 17.3. The van der Waals surface area contributed by atoms with Crippen molar-refractivity contribution in [3.05, 3.63) is 0 Å². The van der Waals surface area contributed by atoms with Gasteiger partial charge in [-0.05, 0) is 63.8 Å². The lowest BCUT2D eigenvalue weighted by Gasteiger charge is -2.40. The fraction of sp³-hybridized carbons (Fsp3) is 0.947. The second kappa shape index (κ2) is 11.0. The summed E-state index contributed by atoms with van der Waals surface area (Å²) in [4.78, 5) is 17.5. The molecule has 1 amide bonds. The number of nitrogens with two attached hydrogens (primary N) is 1. The monoisotopic (exact) mass is 393 g/mol. The highest BCUT2D eigenvalue weighted by Crippen LogP contribution is 2.29. The zero-order chi connectivity index (χ0) is 16.2. The van der Waals surface area contributed by atoms with Gasteiger partial charge in [0.25, 0.3) is 0 Å².